The summed E-state index contributed by atoms with van der Waals surface area (Å²) in [6.45, 7) is 5.70. The van der Waals surface area contributed by atoms with Crippen molar-refractivity contribution in [3.8, 4) is 11.1 Å². The maximum Gasteiger partial charge on any atom is 0.166 e. The Morgan fingerprint density at radius 1 is 0.864 bits per heavy atom. The molecule has 0 nitrogen and oxygen atoms in total. The second-order valence-electron chi connectivity index (χ2n) is 6.40. The van der Waals surface area contributed by atoms with E-state index in [4.69, 9.17) is 0 Å². The molecule has 22 heavy (non-hydrogen) atoms. The van der Waals surface area contributed by atoms with E-state index in [9.17, 15) is 8.78 Å². The molecule has 114 valence electrons. The van der Waals surface area contributed by atoms with Crippen LogP contribution in [-0.2, 0) is 0 Å². The monoisotopic (exact) mass is 299 g/mol. The highest BCUT2D eigenvalue weighted by molar-refractivity contribution is 5.65. The average Bonchev–Trinajstić information content (AvgIpc) is 2.54. The number of halogens is 2. The molecule has 0 unspecified atom stereocenters. The van der Waals surface area contributed by atoms with Crippen molar-refractivity contribution in [3.63, 3.8) is 0 Å². The molecule has 2 aromatic carbocycles. The quantitative estimate of drug-likeness (QED) is 0.592. The molecule has 3 rings (SSSR count). The first-order valence-electron chi connectivity index (χ1n) is 7.94. The lowest BCUT2D eigenvalue weighted by molar-refractivity contribution is 0.374. The molecule has 1 aliphatic rings. The minimum atomic E-state index is -0.759. The fourth-order valence-corrected chi connectivity index (χ4v) is 3.30. The molecule has 1 fully saturated rings. The SMILES string of the molecule is [CH2+]C1CCC(c2ccc(-c3ccc(C)c(F)c3F)cc2)CC1. The molecular weight excluding hydrogens is 278 g/mol. The first-order chi connectivity index (χ1) is 10.6. The van der Waals surface area contributed by atoms with E-state index in [1.54, 1.807) is 19.1 Å². The average molecular weight is 299 g/mol. The number of aryl methyl sites for hydroxylation is 1. The highest BCUT2D eigenvalue weighted by Crippen LogP contribution is 2.36. The zero-order chi connectivity index (χ0) is 15.7. The number of hydrogen-bond acceptors (Lipinski definition) is 0. The van der Waals surface area contributed by atoms with Crippen LogP contribution in [0.1, 0.15) is 42.7 Å². The van der Waals surface area contributed by atoms with Crippen LogP contribution in [0.4, 0.5) is 8.78 Å². The second kappa shape index (κ2) is 6.12. The Hall–Kier alpha value is -1.83. The smallest absolute Gasteiger partial charge is 0.166 e. The van der Waals surface area contributed by atoms with E-state index in [1.807, 2.05) is 12.1 Å². The first-order valence-corrected chi connectivity index (χ1v) is 7.94. The largest absolute Gasteiger partial charge is 0.203 e. The van der Waals surface area contributed by atoms with Gasteiger partial charge in [-0.3, -0.25) is 0 Å². The Bertz CT molecular complexity index is 650. The summed E-state index contributed by atoms with van der Waals surface area (Å²) in [4.78, 5) is 0. The van der Waals surface area contributed by atoms with E-state index in [2.05, 4.69) is 19.1 Å². The van der Waals surface area contributed by atoms with Gasteiger partial charge in [0.1, 0.15) is 0 Å². The molecule has 1 aliphatic carbocycles. The highest BCUT2D eigenvalue weighted by atomic mass is 19.2. The summed E-state index contributed by atoms with van der Waals surface area (Å²) < 4.78 is 27.8. The summed E-state index contributed by atoms with van der Waals surface area (Å²) in [5.41, 5.74) is 2.69. The van der Waals surface area contributed by atoms with Gasteiger partial charge < -0.3 is 0 Å². The van der Waals surface area contributed by atoms with Crippen molar-refractivity contribution in [2.24, 2.45) is 5.92 Å². The van der Waals surface area contributed by atoms with E-state index >= 15 is 0 Å². The third-order valence-electron chi connectivity index (χ3n) is 4.82. The Balaban J connectivity index is 1.84. The van der Waals surface area contributed by atoms with Crippen LogP contribution in [0.15, 0.2) is 36.4 Å². The lowest BCUT2D eigenvalue weighted by Crippen LogP contribution is -2.10. The van der Waals surface area contributed by atoms with Gasteiger partial charge in [-0.25, -0.2) is 8.78 Å². The van der Waals surface area contributed by atoms with Gasteiger partial charge in [-0.2, -0.15) is 0 Å². The fourth-order valence-electron chi connectivity index (χ4n) is 3.30. The number of rotatable bonds is 2. The van der Waals surface area contributed by atoms with E-state index in [-0.39, 0.29) is 0 Å². The van der Waals surface area contributed by atoms with Crippen LogP contribution in [0.3, 0.4) is 0 Å². The first kappa shape index (κ1) is 15.1. The molecule has 0 saturated heterocycles. The third kappa shape index (κ3) is 2.87. The van der Waals surface area contributed by atoms with Crippen LogP contribution in [0.25, 0.3) is 11.1 Å². The van der Waals surface area contributed by atoms with Gasteiger partial charge >= 0.3 is 0 Å². The molecule has 1 saturated carbocycles. The van der Waals surface area contributed by atoms with Crippen molar-refractivity contribution < 1.29 is 8.78 Å². The lowest BCUT2D eigenvalue weighted by Gasteiger charge is -2.23. The van der Waals surface area contributed by atoms with Crippen LogP contribution >= 0.6 is 0 Å². The molecule has 0 amide bonds. The zero-order valence-electron chi connectivity index (χ0n) is 12.9. The predicted octanol–water partition coefficient (Wildman–Crippen LogP) is 6.05. The van der Waals surface area contributed by atoms with Crippen molar-refractivity contribution in [2.75, 3.05) is 0 Å². The fraction of sp³-hybridized carbons (Fsp3) is 0.350. The van der Waals surface area contributed by atoms with Crippen LogP contribution in [-0.4, -0.2) is 0 Å². The molecule has 0 spiro atoms. The summed E-state index contributed by atoms with van der Waals surface area (Å²) in [7, 11) is 0. The van der Waals surface area contributed by atoms with E-state index in [1.165, 1.54) is 31.2 Å². The molecular formula is C20H21F2+. The van der Waals surface area contributed by atoms with E-state index < -0.39 is 11.6 Å². The Labute approximate surface area is 131 Å². The topological polar surface area (TPSA) is 0 Å². The summed E-state index contributed by atoms with van der Waals surface area (Å²) in [6.07, 6.45) is 4.68. The van der Waals surface area contributed by atoms with Crippen molar-refractivity contribution >= 4 is 0 Å². The minimum Gasteiger partial charge on any atom is -0.203 e. The van der Waals surface area contributed by atoms with Crippen molar-refractivity contribution in [2.45, 2.75) is 38.5 Å². The van der Waals surface area contributed by atoms with E-state index in [0.717, 1.165) is 5.56 Å². The second-order valence-corrected chi connectivity index (χ2v) is 6.40. The summed E-state index contributed by atoms with van der Waals surface area (Å²) in [5.74, 6) is -0.354. The molecule has 0 atom stereocenters. The summed E-state index contributed by atoms with van der Waals surface area (Å²) >= 11 is 0. The molecule has 0 heterocycles. The maximum absolute atomic E-state index is 14.1. The standard InChI is InChI=1S/C20H21F2/c1-13-3-6-15(7-4-13)16-8-10-17(11-9-16)18-12-5-14(2)19(21)20(18)22/h5,8-13,15H,1,3-4,6-7H2,2H3/q+1. The molecule has 2 heteroatoms. The molecule has 0 N–H and O–H groups in total. The van der Waals surface area contributed by atoms with Crippen LogP contribution in [0.5, 0.6) is 0 Å². The van der Waals surface area contributed by atoms with Crippen LogP contribution < -0.4 is 0 Å². The normalized spacial score (nSPS) is 21.8. The lowest BCUT2D eigenvalue weighted by atomic mass is 9.79. The summed E-state index contributed by atoms with van der Waals surface area (Å²) in [6, 6.07) is 11.2. The molecule has 0 bridgehead atoms. The van der Waals surface area contributed by atoms with Gasteiger partial charge in [0.05, 0.1) is 12.8 Å². The van der Waals surface area contributed by atoms with E-state index in [0.29, 0.717) is 23.0 Å². The van der Waals surface area contributed by atoms with Gasteiger partial charge in [0.15, 0.2) is 11.6 Å². The van der Waals surface area contributed by atoms with Crippen molar-refractivity contribution in [1.82, 2.24) is 0 Å². The van der Waals surface area contributed by atoms with Gasteiger partial charge in [-0.05, 0) is 55.2 Å². The third-order valence-corrected chi connectivity index (χ3v) is 4.82. The zero-order valence-corrected chi connectivity index (χ0v) is 12.9. The van der Waals surface area contributed by atoms with Gasteiger partial charge in [-0.1, -0.05) is 36.4 Å². The van der Waals surface area contributed by atoms with Gasteiger partial charge in [-0.15, -0.1) is 0 Å². The van der Waals surface area contributed by atoms with Gasteiger partial charge in [0.25, 0.3) is 0 Å². The number of benzene rings is 2. The number of hydrogen-bond donors (Lipinski definition) is 0. The minimum absolute atomic E-state index is 0.330. The Morgan fingerprint density at radius 2 is 1.50 bits per heavy atom. The highest BCUT2D eigenvalue weighted by Gasteiger charge is 2.23. The van der Waals surface area contributed by atoms with Crippen LogP contribution in [0.2, 0.25) is 0 Å². The van der Waals surface area contributed by atoms with Crippen LogP contribution in [0, 0.1) is 31.4 Å². The predicted molar refractivity (Wildman–Crippen MR) is 86.6 cm³/mol. The summed E-state index contributed by atoms with van der Waals surface area (Å²) in [5, 5.41) is 0. The molecule has 0 radical (unpaired) electrons. The maximum atomic E-state index is 14.1. The molecule has 0 aliphatic heterocycles. The van der Waals surface area contributed by atoms with Gasteiger partial charge in [0, 0.05) is 5.56 Å². The Morgan fingerprint density at radius 3 is 2.14 bits per heavy atom. The van der Waals surface area contributed by atoms with Crippen molar-refractivity contribution in [1.29, 1.82) is 0 Å². The van der Waals surface area contributed by atoms with Gasteiger partial charge in [0.2, 0.25) is 0 Å². The van der Waals surface area contributed by atoms with Crippen molar-refractivity contribution in [3.05, 3.63) is 66.1 Å². The molecule has 0 aromatic heterocycles. The Kier molecular flexibility index (Phi) is 4.19. The molecule has 2 aromatic rings.